The molecule has 3 N–H and O–H groups in total. The molecule has 1 aliphatic rings. The van der Waals surface area contributed by atoms with Gasteiger partial charge in [-0.1, -0.05) is 0 Å². The number of morpholine rings is 1. The van der Waals surface area contributed by atoms with E-state index in [9.17, 15) is 5.11 Å². The molecule has 0 amide bonds. The molecule has 0 bridgehead atoms. The minimum Gasteiger partial charge on any atom is -0.391 e. The van der Waals surface area contributed by atoms with Crippen LogP contribution in [0, 0.1) is 0 Å². The van der Waals surface area contributed by atoms with Gasteiger partial charge in [-0.2, -0.15) is 0 Å². The van der Waals surface area contributed by atoms with E-state index in [1.54, 1.807) is 6.92 Å². The first-order valence-electron chi connectivity index (χ1n) is 3.90. The number of halogens is 1. The van der Waals surface area contributed by atoms with Gasteiger partial charge in [-0.25, -0.2) is 0 Å². The van der Waals surface area contributed by atoms with Crippen LogP contribution in [-0.4, -0.2) is 48.2 Å². The average molecular weight is 198 g/mol. The molecule has 1 saturated heterocycles. The van der Waals surface area contributed by atoms with Gasteiger partial charge < -0.3 is 20.3 Å². The molecule has 0 spiro atoms. The van der Waals surface area contributed by atoms with E-state index in [-0.39, 0.29) is 18.5 Å². The summed E-state index contributed by atoms with van der Waals surface area (Å²) in [5.41, 5.74) is 0. The Hall–Kier alpha value is 0.130. The van der Waals surface area contributed by atoms with E-state index in [0.29, 0.717) is 13.2 Å². The number of nitrogens with one attached hydrogen (secondary N) is 1. The zero-order valence-corrected chi connectivity index (χ0v) is 7.88. The van der Waals surface area contributed by atoms with Gasteiger partial charge in [-0.15, -0.1) is 12.4 Å². The molecule has 1 fully saturated rings. The summed E-state index contributed by atoms with van der Waals surface area (Å²) in [5.74, 6) is 0. The zero-order valence-electron chi connectivity index (χ0n) is 7.06. The standard InChI is InChI=1S/C7H15NO3.ClH/c1-5(9)7(10)6-4-8-2-3-11-6;/h5-10H,2-4H2,1H3;1H. The number of hydrogen-bond donors (Lipinski definition) is 3. The lowest BCUT2D eigenvalue weighted by Crippen LogP contribution is -2.48. The first-order chi connectivity index (χ1) is 5.22. The zero-order chi connectivity index (χ0) is 8.27. The summed E-state index contributed by atoms with van der Waals surface area (Å²) in [6, 6.07) is 0. The minimum absolute atomic E-state index is 0. The van der Waals surface area contributed by atoms with Crippen molar-refractivity contribution in [3.05, 3.63) is 0 Å². The number of hydrogen-bond acceptors (Lipinski definition) is 4. The summed E-state index contributed by atoms with van der Waals surface area (Å²) in [6.07, 6.45) is -1.76. The van der Waals surface area contributed by atoms with E-state index in [1.165, 1.54) is 0 Å². The summed E-state index contributed by atoms with van der Waals surface area (Å²) in [6.45, 7) is 3.60. The molecule has 74 valence electrons. The van der Waals surface area contributed by atoms with Crippen molar-refractivity contribution in [2.45, 2.75) is 25.2 Å². The second-order valence-corrected chi connectivity index (χ2v) is 2.84. The molecule has 3 atom stereocenters. The SMILES string of the molecule is CC(O)C(O)C1CNCCO1.Cl. The Kier molecular flexibility index (Phi) is 5.78. The highest BCUT2D eigenvalue weighted by atomic mass is 35.5. The van der Waals surface area contributed by atoms with Crippen LogP contribution < -0.4 is 5.32 Å². The molecule has 0 aromatic carbocycles. The van der Waals surface area contributed by atoms with Crippen LogP contribution in [0.4, 0.5) is 0 Å². The van der Waals surface area contributed by atoms with Crippen LogP contribution >= 0.6 is 12.4 Å². The maximum absolute atomic E-state index is 9.34. The Morgan fingerprint density at radius 3 is 2.58 bits per heavy atom. The van der Waals surface area contributed by atoms with Crippen molar-refractivity contribution in [1.82, 2.24) is 5.32 Å². The van der Waals surface area contributed by atoms with E-state index in [0.717, 1.165) is 6.54 Å². The molecule has 1 aliphatic heterocycles. The van der Waals surface area contributed by atoms with Gasteiger partial charge in [0.1, 0.15) is 6.10 Å². The molecular formula is C7H16ClNO3. The van der Waals surface area contributed by atoms with Crippen molar-refractivity contribution < 1.29 is 14.9 Å². The van der Waals surface area contributed by atoms with Gasteiger partial charge in [0.05, 0.1) is 18.8 Å². The Bertz CT molecular complexity index is 117. The van der Waals surface area contributed by atoms with Gasteiger partial charge in [0, 0.05) is 13.1 Å². The van der Waals surface area contributed by atoms with Crippen molar-refractivity contribution in [2.24, 2.45) is 0 Å². The highest BCUT2D eigenvalue weighted by molar-refractivity contribution is 5.85. The highest BCUT2D eigenvalue weighted by Crippen LogP contribution is 2.05. The van der Waals surface area contributed by atoms with Crippen LogP contribution in [0.1, 0.15) is 6.92 Å². The maximum Gasteiger partial charge on any atom is 0.107 e. The lowest BCUT2D eigenvalue weighted by atomic mass is 10.1. The van der Waals surface area contributed by atoms with E-state index >= 15 is 0 Å². The fourth-order valence-corrected chi connectivity index (χ4v) is 1.12. The molecule has 0 aromatic rings. The molecule has 0 saturated carbocycles. The maximum atomic E-state index is 9.34. The van der Waals surface area contributed by atoms with Gasteiger partial charge in [0.2, 0.25) is 0 Å². The monoisotopic (exact) mass is 197 g/mol. The highest BCUT2D eigenvalue weighted by Gasteiger charge is 2.25. The van der Waals surface area contributed by atoms with Crippen LogP contribution in [0.25, 0.3) is 0 Å². The number of aliphatic hydroxyl groups is 2. The molecule has 12 heavy (non-hydrogen) atoms. The van der Waals surface area contributed by atoms with Crippen LogP contribution in [-0.2, 0) is 4.74 Å². The van der Waals surface area contributed by atoms with Crippen molar-refractivity contribution in [2.75, 3.05) is 19.7 Å². The van der Waals surface area contributed by atoms with Gasteiger partial charge in [0.25, 0.3) is 0 Å². The molecule has 5 heteroatoms. The molecule has 4 nitrogen and oxygen atoms in total. The fourth-order valence-electron chi connectivity index (χ4n) is 1.12. The first kappa shape index (κ1) is 12.1. The predicted molar refractivity (Wildman–Crippen MR) is 47.5 cm³/mol. The van der Waals surface area contributed by atoms with Crippen LogP contribution in [0.3, 0.4) is 0 Å². The van der Waals surface area contributed by atoms with Gasteiger partial charge in [-0.3, -0.25) is 0 Å². The third-order valence-electron chi connectivity index (χ3n) is 1.83. The van der Waals surface area contributed by atoms with E-state index in [1.807, 2.05) is 0 Å². The Labute approximate surface area is 78.3 Å². The van der Waals surface area contributed by atoms with Gasteiger partial charge >= 0.3 is 0 Å². The van der Waals surface area contributed by atoms with Gasteiger partial charge in [0.15, 0.2) is 0 Å². The van der Waals surface area contributed by atoms with Crippen LogP contribution in [0.5, 0.6) is 0 Å². The summed E-state index contributed by atoms with van der Waals surface area (Å²) in [4.78, 5) is 0. The van der Waals surface area contributed by atoms with Crippen LogP contribution in [0.15, 0.2) is 0 Å². The normalized spacial score (nSPS) is 28.8. The van der Waals surface area contributed by atoms with E-state index in [4.69, 9.17) is 9.84 Å². The van der Waals surface area contributed by atoms with Crippen molar-refractivity contribution in [1.29, 1.82) is 0 Å². The molecule has 0 aromatic heterocycles. The van der Waals surface area contributed by atoms with Crippen molar-refractivity contribution in [3.63, 3.8) is 0 Å². The second-order valence-electron chi connectivity index (χ2n) is 2.84. The number of ether oxygens (including phenoxy) is 1. The number of rotatable bonds is 2. The molecule has 3 unspecified atom stereocenters. The minimum atomic E-state index is -0.775. The topological polar surface area (TPSA) is 61.7 Å². The lowest BCUT2D eigenvalue weighted by molar-refractivity contribution is -0.0939. The smallest absolute Gasteiger partial charge is 0.107 e. The molecule has 1 rings (SSSR count). The van der Waals surface area contributed by atoms with E-state index in [2.05, 4.69) is 5.32 Å². The molecule has 0 aliphatic carbocycles. The molecule has 1 heterocycles. The molecule has 0 radical (unpaired) electrons. The van der Waals surface area contributed by atoms with Gasteiger partial charge in [-0.05, 0) is 6.92 Å². The van der Waals surface area contributed by atoms with Crippen molar-refractivity contribution in [3.8, 4) is 0 Å². The Balaban J connectivity index is 0.00000121. The number of aliphatic hydroxyl groups excluding tert-OH is 2. The fraction of sp³-hybridized carbons (Fsp3) is 1.00. The lowest BCUT2D eigenvalue weighted by Gasteiger charge is -2.29. The summed E-state index contributed by atoms with van der Waals surface area (Å²) in [7, 11) is 0. The predicted octanol–water partition coefficient (Wildman–Crippen LogP) is -0.862. The van der Waals surface area contributed by atoms with E-state index < -0.39 is 12.2 Å². The molecular weight excluding hydrogens is 182 g/mol. The van der Waals surface area contributed by atoms with Crippen molar-refractivity contribution >= 4 is 12.4 Å². The Morgan fingerprint density at radius 2 is 2.17 bits per heavy atom. The average Bonchev–Trinajstić information content (AvgIpc) is 2.05. The summed E-state index contributed by atoms with van der Waals surface area (Å²) in [5, 5.41) is 21.4. The van der Waals surface area contributed by atoms with Crippen LogP contribution in [0.2, 0.25) is 0 Å². The largest absolute Gasteiger partial charge is 0.391 e. The second kappa shape index (κ2) is 5.72. The summed E-state index contributed by atoms with van der Waals surface area (Å²) >= 11 is 0. The third-order valence-corrected chi connectivity index (χ3v) is 1.83. The quantitative estimate of drug-likeness (QED) is 0.539. The third kappa shape index (κ3) is 3.25. The summed E-state index contributed by atoms with van der Waals surface area (Å²) < 4.78 is 5.23. The Morgan fingerprint density at radius 1 is 1.50 bits per heavy atom. The first-order valence-corrected chi connectivity index (χ1v) is 3.90.